The summed E-state index contributed by atoms with van der Waals surface area (Å²) in [5, 5.41) is 10.8. The fraction of sp³-hybridized carbons (Fsp3) is 0.455. The monoisotopic (exact) mass is 239 g/mol. The third-order valence-corrected chi connectivity index (χ3v) is 3.71. The average Bonchev–Trinajstić information content (AvgIpc) is 2.84. The van der Waals surface area contributed by atoms with E-state index in [-0.39, 0.29) is 12.3 Å². The molecule has 1 saturated heterocycles. The number of aliphatic carboxylic acids is 1. The minimum Gasteiger partial charge on any atom is -0.481 e. The van der Waals surface area contributed by atoms with Gasteiger partial charge in [-0.25, -0.2) is 0 Å². The van der Waals surface area contributed by atoms with Crippen molar-refractivity contribution in [3.63, 3.8) is 0 Å². The third-order valence-electron chi connectivity index (χ3n) is 2.77. The van der Waals surface area contributed by atoms with Gasteiger partial charge in [-0.15, -0.1) is 11.3 Å². The molecule has 5 heteroatoms. The lowest BCUT2D eigenvalue weighted by atomic mass is 10.1. The Bertz CT molecular complexity index is 388. The van der Waals surface area contributed by atoms with Crippen molar-refractivity contribution in [3.05, 3.63) is 22.4 Å². The van der Waals surface area contributed by atoms with E-state index >= 15 is 0 Å². The summed E-state index contributed by atoms with van der Waals surface area (Å²) >= 11 is 1.66. The molecule has 0 aromatic carbocycles. The van der Waals surface area contributed by atoms with Gasteiger partial charge in [-0.3, -0.25) is 9.59 Å². The molecule has 0 radical (unpaired) electrons. The zero-order valence-corrected chi connectivity index (χ0v) is 9.57. The van der Waals surface area contributed by atoms with Gasteiger partial charge in [0.05, 0.1) is 5.92 Å². The van der Waals surface area contributed by atoms with E-state index < -0.39 is 11.9 Å². The number of nitrogens with zero attached hydrogens (tertiary/aromatic N) is 1. The number of likely N-dealkylation sites (tertiary alicyclic amines) is 1. The second kappa shape index (κ2) is 4.65. The first-order chi connectivity index (χ1) is 7.66. The lowest BCUT2D eigenvalue weighted by molar-refractivity contribution is -0.141. The number of thiophene rings is 1. The minimum atomic E-state index is -0.869. The van der Waals surface area contributed by atoms with Crippen LogP contribution in [0, 0.1) is 5.92 Å². The highest BCUT2D eigenvalue weighted by molar-refractivity contribution is 7.09. The van der Waals surface area contributed by atoms with E-state index in [9.17, 15) is 9.59 Å². The first-order valence-corrected chi connectivity index (χ1v) is 6.08. The molecule has 1 amide bonds. The second-order valence-electron chi connectivity index (χ2n) is 3.91. The van der Waals surface area contributed by atoms with Crippen LogP contribution >= 0.6 is 11.3 Å². The van der Waals surface area contributed by atoms with Crippen LogP contribution in [0.3, 0.4) is 0 Å². The summed E-state index contributed by atoms with van der Waals surface area (Å²) in [4.78, 5) is 25.1. The maximum atomic E-state index is 11.5. The van der Waals surface area contributed by atoms with Gasteiger partial charge >= 0.3 is 5.97 Å². The molecule has 1 aliphatic heterocycles. The zero-order chi connectivity index (χ0) is 11.5. The minimum absolute atomic E-state index is 0.0380. The molecule has 0 saturated carbocycles. The molecular formula is C11H13NO3S. The highest BCUT2D eigenvalue weighted by atomic mass is 32.1. The second-order valence-corrected chi connectivity index (χ2v) is 4.94. The van der Waals surface area contributed by atoms with Crippen molar-refractivity contribution < 1.29 is 14.7 Å². The Kier molecular flexibility index (Phi) is 3.24. The van der Waals surface area contributed by atoms with E-state index in [0.717, 1.165) is 6.42 Å². The maximum absolute atomic E-state index is 11.5. The molecule has 2 rings (SSSR count). The normalized spacial score (nSPS) is 20.4. The van der Waals surface area contributed by atoms with Crippen molar-refractivity contribution in [2.75, 3.05) is 13.1 Å². The molecule has 1 N–H and O–H groups in total. The van der Waals surface area contributed by atoms with Crippen LogP contribution in [-0.4, -0.2) is 35.0 Å². The van der Waals surface area contributed by atoms with Crippen molar-refractivity contribution in [2.45, 2.75) is 12.8 Å². The Morgan fingerprint density at radius 1 is 1.62 bits per heavy atom. The summed E-state index contributed by atoms with van der Waals surface area (Å²) in [6.45, 7) is 0.989. The first kappa shape index (κ1) is 11.1. The molecule has 1 fully saturated rings. The van der Waals surface area contributed by atoms with Gasteiger partial charge in [-0.1, -0.05) is 6.07 Å². The highest BCUT2D eigenvalue weighted by Crippen LogP contribution is 2.19. The van der Waals surface area contributed by atoms with Crippen LogP contribution in [0.25, 0.3) is 0 Å². The van der Waals surface area contributed by atoms with Crippen LogP contribution in [0.4, 0.5) is 0 Å². The predicted molar refractivity (Wildman–Crippen MR) is 60.3 cm³/mol. The Hall–Kier alpha value is -1.36. The van der Waals surface area contributed by atoms with Gasteiger partial charge in [-0.2, -0.15) is 0 Å². The molecule has 86 valence electrons. The molecule has 1 aliphatic rings. The molecule has 0 bridgehead atoms. The summed E-state index contributed by atoms with van der Waals surface area (Å²) in [6, 6.07) is 4.01. The molecule has 1 aromatic heterocycles. The number of hydrogen-bond donors (Lipinski definition) is 1. The number of carboxylic acids is 1. The number of rotatable bonds is 4. The quantitative estimate of drug-likeness (QED) is 0.859. The maximum Gasteiger partial charge on any atom is 0.308 e. The van der Waals surface area contributed by atoms with E-state index in [1.165, 1.54) is 4.88 Å². The Labute approximate surface area is 97.5 Å². The largest absolute Gasteiger partial charge is 0.481 e. The predicted octanol–water partition coefficient (Wildman–Crippen LogP) is 1.22. The SMILES string of the molecule is O=C(O)[C@H]1CC(=O)N(CCc2cccs2)C1. The van der Waals surface area contributed by atoms with Crippen LogP contribution in [-0.2, 0) is 16.0 Å². The van der Waals surface area contributed by atoms with Gasteiger partial charge in [0.1, 0.15) is 0 Å². The van der Waals surface area contributed by atoms with Crippen molar-refractivity contribution in [2.24, 2.45) is 5.92 Å². The Balaban J connectivity index is 1.87. The molecule has 16 heavy (non-hydrogen) atoms. The van der Waals surface area contributed by atoms with Gasteiger partial charge in [0.25, 0.3) is 0 Å². The topological polar surface area (TPSA) is 57.6 Å². The average molecular weight is 239 g/mol. The fourth-order valence-electron chi connectivity index (χ4n) is 1.85. The molecule has 1 aromatic rings. The lowest BCUT2D eigenvalue weighted by Gasteiger charge is -2.14. The smallest absolute Gasteiger partial charge is 0.308 e. The molecule has 2 heterocycles. The van der Waals surface area contributed by atoms with Crippen molar-refractivity contribution >= 4 is 23.2 Å². The van der Waals surface area contributed by atoms with Gasteiger partial charge in [-0.05, 0) is 17.9 Å². The summed E-state index contributed by atoms with van der Waals surface area (Å²) in [5.41, 5.74) is 0. The summed E-state index contributed by atoms with van der Waals surface area (Å²) < 4.78 is 0. The Morgan fingerprint density at radius 3 is 3.00 bits per heavy atom. The van der Waals surface area contributed by atoms with E-state index in [4.69, 9.17) is 5.11 Å². The molecular weight excluding hydrogens is 226 g/mol. The zero-order valence-electron chi connectivity index (χ0n) is 8.76. The van der Waals surface area contributed by atoms with Crippen LogP contribution in [0.15, 0.2) is 17.5 Å². The first-order valence-electron chi connectivity index (χ1n) is 5.20. The van der Waals surface area contributed by atoms with Gasteiger partial charge in [0, 0.05) is 24.4 Å². The van der Waals surface area contributed by atoms with E-state index in [2.05, 4.69) is 0 Å². The highest BCUT2D eigenvalue weighted by Gasteiger charge is 2.33. The van der Waals surface area contributed by atoms with Gasteiger partial charge in [0.15, 0.2) is 0 Å². The molecule has 0 aliphatic carbocycles. The molecule has 4 nitrogen and oxygen atoms in total. The summed E-state index contributed by atoms with van der Waals surface area (Å²) in [5.74, 6) is -1.42. The summed E-state index contributed by atoms with van der Waals surface area (Å²) in [7, 11) is 0. The molecule has 0 spiro atoms. The summed E-state index contributed by atoms with van der Waals surface area (Å²) in [6.07, 6.45) is 0.968. The van der Waals surface area contributed by atoms with E-state index in [1.807, 2.05) is 17.5 Å². The molecule has 0 unspecified atom stereocenters. The van der Waals surface area contributed by atoms with Crippen LogP contribution in [0.2, 0.25) is 0 Å². The Morgan fingerprint density at radius 2 is 2.44 bits per heavy atom. The van der Waals surface area contributed by atoms with Crippen LogP contribution in [0.5, 0.6) is 0 Å². The van der Waals surface area contributed by atoms with Crippen molar-refractivity contribution in [3.8, 4) is 0 Å². The van der Waals surface area contributed by atoms with Crippen LogP contribution < -0.4 is 0 Å². The van der Waals surface area contributed by atoms with E-state index in [1.54, 1.807) is 16.2 Å². The van der Waals surface area contributed by atoms with Crippen LogP contribution in [0.1, 0.15) is 11.3 Å². The lowest BCUT2D eigenvalue weighted by Crippen LogP contribution is -2.28. The van der Waals surface area contributed by atoms with Crippen molar-refractivity contribution in [1.82, 2.24) is 4.90 Å². The molecule has 1 atom stereocenters. The fourth-order valence-corrected chi connectivity index (χ4v) is 2.55. The number of carbonyl (C=O) groups is 2. The number of carbonyl (C=O) groups excluding carboxylic acids is 1. The van der Waals surface area contributed by atoms with Crippen molar-refractivity contribution in [1.29, 1.82) is 0 Å². The van der Waals surface area contributed by atoms with E-state index in [0.29, 0.717) is 13.1 Å². The number of carboxylic acid groups (broad SMARTS) is 1. The number of hydrogen-bond acceptors (Lipinski definition) is 3. The standard InChI is InChI=1S/C11H13NO3S/c13-10-6-8(11(14)15)7-12(10)4-3-9-2-1-5-16-9/h1-2,5,8H,3-4,6-7H2,(H,14,15)/t8-/m0/s1. The van der Waals surface area contributed by atoms with Gasteiger partial charge in [0.2, 0.25) is 5.91 Å². The third kappa shape index (κ3) is 2.41. The number of amides is 1. The van der Waals surface area contributed by atoms with Gasteiger partial charge < -0.3 is 10.0 Å².